The van der Waals surface area contributed by atoms with Gasteiger partial charge in [-0.15, -0.1) is 5.10 Å². The molecule has 0 aliphatic carbocycles. The van der Waals surface area contributed by atoms with Crippen molar-refractivity contribution < 1.29 is 22.4 Å². The van der Waals surface area contributed by atoms with Gasteiger partial charge in [-0.1, -0.05) is 25.9 Å². The third-order valence-electron chi connectivity index (χ3n) is 4.43. The second-order valence-electron chi connectivity index (χ2n) is 8.22. The smallest absolute Gasteiger partial charge is 0.322 e. The molecule has 0 unspecified atom stereocenters. The number of morpholine rings is 1. The minimum atomic E-state index is -3.66. The summed E-state index contributed by atoms with van der Waals surface area (Å²) in [5, 5.41) is 10.3. The van der Waals surface area contributed by atoms with Crippen molar-refractivity contribution >= 4 is 21.9 Å². The number of nitrogens with zero attached hydrogens (tertiary/aromatic N) is 3. The van der Waals surface area contributed by atoms with E-state index in [0.717, 1.165) is 0 Å². The van der Waals surface area contributed by atoms with Gasteiger partial charge in [-0.3, -0.25) is 10.1 Å². The van der Waals surface area contributed by atoms with E-state index in [4.69, 9.17) is 9.15 Å². The van der Waals surface area contributed by atoms with Crippen LogP contribution in [0.1, 0.15) is 50.9 Å². The highest BCUT2D eigenvalue weighted by molar-refractivity contribution is 7.89. The van der Waals surface area contributed by atoms with Crippen molar-refractivity contribution in [3.8, 4) is 0 Å². The van der Waals surface area contributed by atoms with Crippen LogP contribution in [0, 0.1) is 0 Å². The predicted octanol–water partition coefficient (Wildman–Crippen LogP) is 2.42. The zero-order valence-corrected chi connectivity index (χ0v) is 18.0. The minimum Gasteiger partial charge on any atom is -0.407 e. The fourth-order valence-electron chi connectivity index (χ4n) is 3.00. The first-order chi connectivity index (χ1) is 13.5. The van der Waals surface area contributed by atoms with Gasteiger partial charge in [-0.05, 0) is 38.1 Å². The van der Waals surface area contributed by atoms with Crippen molar-refractivity contribution in [2.24, 2.45) is 0 Å². The predicted molar refractivity (Wildman–Crippen MR) is 106 cm³/mol. The molecule has 1 aliphatic rings. The van der Waals surface area contributed by atoms with Crippen LogP contribution in [0.5, 0.6) is 0 Å². The molecule has 0 spiro atoms. The van der Waals surface area contributed by atoms with Crippen molar-refractivity contribution in [2.75, 3.05) is 18.4 Å². The lowest BCUT2D eigenvalue weighted by atomic mass is 9.97. The second kappa shape index (κ2) is 7.85. The van der Waals surface area contributed by atoms with Gasteiger partial charge in [-0.25, -0.2) is 8.42 Å². The van der Waals surface area contributed by atoms with Gasteiger partial charge >= 0.3 is 6.01 Å². The van der Waals surface area contributed by atoms with Crippen molar-refractivity contribution in [1.82, 2.24) is 14.5 Å². The monoisotopic (exact) mass is 422 g/mol. The molecule has 9 nitrogen and oxygen atoms in total. The Morgan fingerprint density at radius 1 is 1.10 bits per heavy atom. The van der Waals surface area contributed by atoms with Gasteiger partial charge < -0.3 is 9.15 Å². The number of hydrogen-bond donors (Lipinski definition) is 1. The standard InChI is InChI=1S/C19H26N4O5S/c1-12-10-23(11-13(2)27-12)29(25,26)15-8-6-14(7-9-15)16(24)20-18-22-21-17(28-18)19(3,4)5/h6-9,12-13H,10-11H2,1-5H3,(H,20,22,24)/t12-,13-/m0/s1. The van der Waals surface area contributed by atoms with Crippen LogP contribution in [0.25, 0.3) is 0 Å². The molecule has 1 aromatic carbocycles. The van der Waals surface area contributed by atoms with Gasteiger partial charge in [0.2, 0.25) is 15.9 Å². The second-order valence-corrected chi connectivity index (χ2v) is 10.2. The maximum Gasteiger partial charge on any atom is 0.322 e. The number of anilines is 1. The summed E-state index contributed by atoms with van der Waals surface area (Å²) in [6.07, 6.45) is -0.350. The van der Waals surface area contributed by atoms with E-state index in [1.165, 1.54) is 28.6 Å². The van der Waals surface area contributed by atoms with Gasteiger partial charge in [-0.2, -0.15) is 4.31 Å². The third kappa shape index (κ3) is 4.82. The lowest BCUT2D eigenvalue weighted by Gasteiger charge is -2.34. The van der Waals surface area contributed by atoms with Crippen molar-refractivity contribution in [1.29, 1.82) is 0 Å². The Morgan fingerprint density at radius 3 is 2.21 bits per heavy atom. The lowest BCUT2D eigenvalue weighted by molar-refractivity contribution is -0.0440. The number of nitrogens with one attached hydrogen (secondary N) is 1. The molecule has 2 aromatic rings. The van der Waals surface area contributed by atoms with E-state index in [1.54, 1.807) is 0 Å². The van der Waals surface area contributed by atoms with Gasteiger partial charge in [0.15, 0.2) is 0 Å². The minimum absolute atomic E-state index is 0.00656. The molecule has 0 radical (unpaired) electrons. The summed E-state index contributed by atoms with van der Waals surface area (Å²) >= 11 is 0. The van der Waals surface area contributed by atoms with Crippen LogP contribution in [0.15, 0.2) is 33.6 Å². The number of benzene rings is 1. The molecule has 158 valence electrons. The van der Waals surface area contributed by atoms with Gasteiger partial charge in [0.25, 0.3) is 5.91 Å². The summed E-state index contributed by atoms with van der Waals surface area (Å²) in [6.45, 7) is 10.0. The molecular weight excluding hydrogens is 396 g/mol. The first-order valence-electron chi connectivity index (χ1n) is 9.38. The molecule has 2 atom stereocenters. The maximum atomic E-state index is 12.9. The van der Waals surface area contributed by atoms with Gasteiger partial charge in [0.1, 0.15) is 0 Å². The zero-order valence-electron chi connectivity index (χ0n) is 17.2. The number of hydrogen-bond acceptors (Lipinski definition) is 7. The van der Waals surface area contributed by atoms with Crippen LogP contribution < -0.4 is 5.32 Å². The maximum absolute atomic E-state index is 12.9. The van der Waals surface area contributed by atoms with Crippen LogP contribution in [0.4, 0.5) is 6.01 Å². The summed E-state index contributed by atoms with van der Waals surface area (Å²) in [5.74, 6) is -0.0603. The van der Waals surface area contributed by atoms with Crippen molar-refractivity contribution in [2.45, 2.75) is 57.1 Å². The summed E-state index contributed by atoms with van der Waals surface area (Å²) in [4.78, 5) is 12.5. The van der Waals surface area contributed by atoms with Crippen molar-refractivity contribution in [3.05, 3.63) is 35.7 Å². The quantitative estimate of drug-likeness (QED) is 0.804. The van der Waals surface area contributed by atoms with Gasteiger partial charge in [0.05, 0.1) is 17.1 Å². The lowest BCUT2D eigenvalue weighted by Crippen LogP contribution is -2.48. The topological polar surface area (TPSA) is 115 Å². The summed E-state index contributed by atoms with van der Waals surface area (Å²) in [5.41, 5.74) is -0.0522. The molecule has 0 bridgehead atoms. The Bertz CT molecular complexity index is 969. The molecule has 2 heterocycles. The van der Waals surface area contributed by atoms with Crippen LogP contribution >= 0.6 is 0 Å². The largest absolute Gasteiger partial charge is 0.407 e. The molecule has 1 saturated heterocycles. The molecule has 0 saturated carbocycles. The molecular formula is C19H26N4O5S. The van der Waals surface area contributed by atoms with E-state index in [2.05, 4.69) is 15.5 Å². The number of amides is 1. The van der Waals surface area contributed by atoms with Crippen LogP contribution in [-0.4, -0.2) is 54.1 Å². The number of ether oxygens (including phenoxy) is 1. The van der Waals surface area contributed by atoms with Crippen molar-refractivity contribution in [3.63, 3.8) is 0 Å². The van der Waals surface area contributed by atoms with Crippen LogP contribution in [0.3, 0.4) is 0 Å². The van der Waals surface area contributed by atoms with E-state index in [9.17, 15) is 13.2 Å². The first-order valence-corrected chi connectivity index (χ1v) is 10.8. The van der Waals surface area contributed by atoms with E-state index in [1.807, 2.05) is 34.6 Å². The molecule has 1 fully saturated rings. The number of aromatic nitrogens is 2. The Morgan fingerprint density at radius 2 is 1.69 bits per heavy atom. The Labute approximate surface area is 170 Å². The normalized spacial score (nSPS) is 21.1. The van der Waals surface area contributed by atoms with E-state index < -0.39 is 15.9 Å². The summed E-state index contributed by atoms with van der Waals surface area (Å²) in [6, 6.07) is 5.74. The molecule has 1 aliphatic heterocycles. The molecule has 29 heavy (non-hydrogen) atoms. The zero-order chi connectivity index (χ0) is 21.4. The molecule has 1 amide bonds. The Hall–Kier alpha value is -2.30. The highest BCUT2D eigenvalue weighted by Crippen LogP contribution is 2.23. The van der Waals surface area contributed by atoms with Crippen LogP contribution in [-0.2, 0) is 20.2 Å². The number of carbonyl (C=O) groups is 1. The van der Waals surface area contributed by atoms with E-state index in [-0.39, 0.29) is 34.1 Å². The van der Waals surface area contributed by atoms with Crippen LogP contribution in [0.2, 0.25) is 0 Å². The molecule has 3 rings (SSSR count). The summed E-state index contributed by atoms with van der Waals surface area (Å²) in [7, 11) is -3.66. The highest BCUT2D eigenvalue weighted by Gasteiger charge is 2.32. The fourth-order valence-corrected chi connectivity index (χ4v) is 4.59. The Balaban J connectivity index is 1.72. The Kier molecular flexibility index (Phi) is 5.79. The third-order valence-corrected chi connectivity index (χ3v) is 6.27. The molecule has 1 N–H and O–H groups in total. The molecule has 10 heteroatoms. The molecule has 1 aromatic heterocycles. The number of rotatable bonds is 4. The SMILES string of the molecule is C[C@H]1CN(S(=O)(=O)c2ccc(C(=O)Nc3nnc(C(C)(C)C)o3)cc2)C[C@H](C)O1. The van der Waals surface area contributed by atoms with E-state index >= 15 is 0 Å². The van der Waals surface area contributed by atoms with Gasteiger partial charge in [0, 0.05) is 24.1 Å². The highest BCUT2D eigenvalue weighted by atomic mass is 32.2. The summed E-state index contributed by atoms with van der Waals surface area (Å²) < 4.78 is 38.2. The first kappa shape index (κ1) is 21.4. The fraction of sp³-hybridized carbons (Fsp3) is 0.526. The average Bonchev–Trinajstić information content (AvgIpc) is 3.10. The number of carbonyl (C=O) groups excluding carboxylic acids is 1. The number of sulfonamides is 1. The van der Waals surface area contributed by atoms with E-state index in [0.29, 0.717) is 19.0 Å². The average molecular weight is 423 g/mol.